The zero-order chi connectivity index (χ0) is 19.7. The fourth-order valence-corrected chi connectivity index (χ4v) is 3.13. The van der Waals surface area contributed by atoms with Crippen LogP contribution in [-0.2, 0) is 0 Å². The average molecular weight is 372 g/mol. The third-order valence-electron chi connectivity index (χ3n) is 4.53. The van der Waals surface area contributed by atoms with Crippen LogP contribution in [0.1, 0.15) is 0 Å². The predicted octanol–water partition coefficient (Wildman–Crippen LogP) is 5.12. The molecular weight excluding hydrogens is 356 g/mol. The van der Waals surface area contributed by atoms with Crippen molar-refractivity contribution in [1.29, 1.82) is 0 Å². The van der Waals surface area contributed by atoms with E-state index in [1.807, 2.05) is 30.3 Å². The van der Waals surface area contributed by atoms with Crippen LogP contribution >= 0.6 is 0 Å². The number of nitrogens with one attached hydrogen (secondary N) is 1. The Labute approximate surface area is 159 Å². The molecule has 0 amide bonds. The quantitative estimate of drug-likeness (QED) is 0.173. The molecule has 4 aromatic rings. The Bertz CT molecular complexity index is 1270. The van der Waals surface area contributed by atoms with Crippen molar-refractivity contribution in [3.05, 3.63) is 93.9 Å². The highest BCUT2D eigenvalue weighted by molar-refractivity contribution is 5.98. The van der Waals surface area contributed by atoms with Crippen LogP contribution in [0, 0.1) is 10.1 Å². The number of nitro benzene ring substituents is 1. The molecule has 1 N–H and O–H groups in total. The van der Waals surface area contributed by atoms with E-state index in [-0.39, 0.29) is 5.69 Å². The smallest absolute Gasteiger partial charge is 0.344 e. The molecule has 4 rings (SSSR count). The van der Waals surface area contributed by atoms with Crippen LogP contribution in [-0.4, -0.2) is 11.5 Å². The summed E-state index contributed by atoms with van der Waals surface area (Å²) in [5, 5.41) is 16.8. The lowest BCUT2D eigenvalue weighted by atomic mass is 10.0. The summed E-state index contributed by atoms with van der Waals surface area (Å²) in [5.41, 5.74) is 1.87. The van der Waals surface area contributed by atoms with Crippen LogP contribution < -0.4 is 10.9 Å². The molecule has 6 heteroatoms. The van der Waals surface area contributed by atoms with Crippen molar-refractivity contribution in [3.8, 4) is 11.1 Å². The summed E-state index contributed by atoms with van der Waals surface area (Å²) >= 11 is 0. The number of nitrogens with zero attached hydrogens (tertiary/aromatic N) is 1. The van der Waals surface area contributed by atoms with Gasteiger partial charge < -0.3 is 9.73 Å². The molecule has 1 aromatic heterocycles. The van der Waals surface area contributed by atoms with Gasteiger partial charge in [-0.2, -0.15) is 0 Å². The van der Waals surface area contributed by atoms with Crippen molar-refractivity contribution >= 4 is 33.1 Å². The summed E-state index contributed by atoms with van der Waals surface area (Å²) in [6.45, 7) is 4.35. The van der Waals surface area contributed by atoms with Crippen LogP contribution in [0.15, 0.2) is 82.5 Å². The van der Waals surface area contributed by atoms with Crippen LogP contribution in [0.4, 0.5) is 11.4 Å². The van der Waals surface area contributed by atoms with Crippen LogP contribution in [0.5, 0.6) is 0 Å². The molecule has 1 heterocycles. The number of anilines is 1. The van der Waals surface area contributed by atoms with Gasteiger partial charge in [-0.25, -0.2) is 4.79 Å². The summed E-state index contributed by atoms with van der Waals surface area (Å²) in [5.74, 6) is 0. The second kappa shape index (κ2) is 7.00. The van der Waals surface area contributed by atoms with Crippen LogP contribution in [0.25, 0.3) is 32.9 Å². The van der Waals surface area contributed by atoms with E-state index in [0.29, 0.717) is 23.3 Å². The van der Waals surface area contributed by atoms with E-state index < -0.39 is 10.5 Å². The van der Waals surface area contributed by atoms with Crippen LogP contribution in [0.2, 0.25) is 0 Å². The number of hydrogen-bond donors (Lipinski definition) is 1. The largest absolute Gasteiger partial charge is 0.422 e. The number of fused-ring (bicyclic) bond motifs is 2. The fraction of sp³-hybridized carbons (Fsp3) is 0.0455. The summed E-state index contributed by atoms with van der Waals surface area (Å²) in [6, 6.07) is 17.4. The lowest BCUT2D eigenvalue weighted by Crippen LogP contribution is -2.03. The van der Waals surface area contributed by atoms with Gasteiger partial charge in [-0.1, -0.05) is 12.1 Å². The van der Waals surface area contributed by atoms with Crippen LogP contribution in [0.3, 0.4) is 0 Å². The average Bonchev–Trinajstić information content (AvgIpc) is 2.70. The first kappa shape index (κ1) is 17.5. The maximum Gasteiger partial charge on any atom is 0.344 e. The van der Waals surface area contributed by atoms with Gasteiger partial charge in [0.1, 0.15) is 5.58 Å². The minimum Gasteiger partial charge on any atom is -0.422 e. The first-order chi connectivity index (χ1) is 13.5. The van der Waals surface area contributed by atoms with E-state index in [9.17, 15) is 14.9 Å². The van der Waals surface area contributed by atoms with E-state index in [2.05, 4.69) is 11.9 Å². The Balaban J connectivity index is 1.81. The molecule has 0 aliphatic carbocycles. The summed E-state index contributed by atoms with van der Waals surface area (Å²) in [6.07, 6.45) is 1.78. The Morgan fingerprint density at radius 2 is 1.79 bits per heavy atom. The fourth-order valence-electron chi connectivity index (χ4n) is 3.13. The zero-order valence-electron chi connectivity index (χ0n) is 14.8. The molecule has 0 aliphatic heterocycles. The topological polar surface area (TPSA) is 85.4 Å². The Morgan fingerprint density at radius 1 is 1.00 bits per heavy atom. The van der Waals surface area contributed by atoms with Gasteiger partial charge in [0.2, 0.25) is 0 Å². The monoisotopic (exact) mass is 372 g/mol. The molecular formula is C22H16N2O4. The van der Waals surface area contributed by atoms with Crippen molar-refractivity contribution in [2.24, 2.45) is 0 Å². The predicted molar refractivity (Wildman–Crippen MR) is 111 cm³/mol. The van der Waals surface area contributed by atoms with Crippen molar-refractivity contribution in [2.75, 3.05) is 11.9 Å². The highest BCUT2D eigenvalue weighted by atomic mass is 16.6. The minimum atomic E-state index is -0.485. The lowest BCUT2D eigenvalue weighted by Gasteiger charge is -2.07. The van der Waals surface area contributed by atoms with Crippen molar-refractivity contribution in [3.63, 3.8) is 0 Å². The van der Waals surface area contributed by atoms with Gasteiger partial charge in [0.15, 0.2) is 0 Å². The molecule has 28 heavy (non-hydrogen) atoms. The maximum absolute atomic E-state index is 12.5. The second-order valence-electron chi connectivity index (χ2n) is 6.37. The molecule has 0 saturated heterocycles. The molecule has 0 spiro atoms. The first-order valence-electron chi connectivity index (χ1n) is 8.66. The van der Waals surface area contributed by atoms with E-state index >= 15 is 0 Å². The molecule has 0 bridgehead atoms. The standard InChI is InChI=1S/C22H16N2O4/c1-2-9-23-18-6-3-15-10-17-12-20(14-4-7-19(8-5-14)24(26)27)22(25)28-21(17)13-16(15)11-18/h2-8,10-13,23H,1,9H2. The van der Waals surface area contributed by atoms with Gasteiger partial charge in [-0.3, -0.25) is 10.1 Å². The maximum atomic E-state index is 12.5. The Kier molecular flexibility index (Phi) is 4.37. The second-order valence-corrected chi connectivity index (χ2v) is 6.37. The van der Waals surface area contributed by atoms with Gasteiger partial charge >= 0.3 is 5.63 Å². The normalized spacial score (nSPS) is 10.9. The Hall–Kier alpha value is -3.93. The molecule has 138 valence electrons. The van der Waals surface area contributed by atoms with Crippen molar-refractivity contribution in [1.82, 2.24) is 0 Å². The number of benzene rings is 3. The number of rotatable bonds is 5. The summed E-state index contributed by atoms with van der Waals surface area (Å²) in [7, 11) is 0. The van der Waals surface area contributed by atoms with Gasteiger partial charge in [0.05, 0.1) is 10.5 Å². The molecule has 0 unspecified atom stereocenters. The van der Waals surface area contributed by atoms with Gasteiger partial charge in [0, 0.05) is 29.8 Å². The first-order valence-corrected chi connectivity index (χ1v) is 8.66. The highest BCUT2D eigenvalue weighted by Crippen LogP contribution is 2.28. The van der Waals surface area contributed by atoms with Gasteiger partial charge in [-0.15, -0.1) is 6.58 Å². The molecule has 6 nitrogen and oxygen atoms in total. The molecule has 0 aliphatic rings. The summed E-state index contributed by atoms with van der Waals surface area (Å²) < 4.78 is 5.53. The lowest BCUT2D eigenvalue weighted by molar-refractivity contribution is -0.384. The van der Waals surface area contributed by atoms with E-state index in [4.69, 9.17) is 4.42 Å². The van der Waals surface area contributed by atoms with Gasteiger partial charge in [-0.05, 0) is 58.8 Å². The molecule has 0 atom stereocenters. The third kappa shape index (κ3) is 3.23. The third-order valence-corrected chi connectivity index (χ3v) is 4.53. The SMILES string of the molecule is C=CCNc1ccc2cc3cc(-c4ccc([N+](=O)[O-])cc4)c(=O)oc3cc2c1. The highest BCUT2D eigenvalue weighted by Gasteiger charge is 2.11. The molecule has 0 fully saturated rings. The molecule has 3 aromatic carbocycles. The number of nitro groups is 1. The van der Waals surface area contributed by atoms with E-state index in [0.717, 1.165) is 21.8 Å². The Morgan fingerprint density at radius 3 is 2.50 bits per heavy atom. The van der Waals surface area contributed by atoms with Gasteiger partial charge in [0.25, 0.3) is 5.69 Å². The zero-order valence-corrected chi connectivity index (χ0v) is 14.8. The van der Waals surface area contributed by atoms with Crippen molar-refractivity contribution in [2.45, 2.75) is 0 Å². The van der Waals surface area contributed by atoms with E-state index in [1.165, 1.54) is 12.1 Å². The number of non-ortho nitro benzene ring substituents is 1. The minimum absolute atomic E-state index is 0.0270. The van der Waals surface area contributed by atoms with Crippen molar-refractivity contribution < 1.29 is 9.34 Å². The molecule has 0 saturated carbocycles. The van der Waals surface area contributed by atoms with E-state index in [1.54, 1.807) is 24.3 Å². The molecule has 0 radical (unpaired) electrons. The number of hydrogen-bond acceptors (Lipinski definition) is 5. The summed E-state index contributed by atoms with van der Waals surface area (Å²) in [4.78, 5) is 22.8.